The Hall–Kier alpha value is -3.32. The molecule has 0 saturated carbocycles. The van der Waals surface area contributed by atoms with Gasteiger partial charge in [-0.25, -0.2) is 4.98 Å². The summed E-state index contributed by atoms with van der Waals surface area (Å²) in [5, 5.41) is 1.70. The zero-order valence-electron chi connectivity index (χ0n) is 15.6. The lowest BCUT2D eigenvalue weighted by molar-refractivity contribution is 0.0986. The SMILES string of the molecule is C[C@@H]1Cc2ccccc2N1C(=O)c1sc2nc3cc4c(cc3cc2c1N)OCO4. The van der Waals surface area contributed by atoms with Crippen LogP contribution in [0.25, 0.3) is 21.1 Å². The summed E-state index contributed by atoms with van der Waals surface area (Å²) < 4.78 is 10.9. The normalized spacial score (nSPS) is 17.3. The highest BCUT2D eigenvalue weighted by Crippen LogP contribution is 2.41. The molecule has 2 aliphatic rings. The third-order valence-corrected chi connectivity index (χ3v) is 6.73. The Morgan fingerprint density at radius 1 is 1.21 bits per heavy atom. The number of ether oxygens (including phenoxy) is 2. The van der Waals surface area contributed by atoms with Crippen molar-refractivity contribution in [3.63, 3.8) is 0 Å². The molecule has 144 valence electrons. The summed E-state index contributed by atoms with van der Waals surface area (Å²) in [6.07, 6.45) is 0.848. The number of aromatic nitrogens is 1. The number of carbonyl (C=O) groups excluding carboxylic acids is 1. The van der Waals surface area contributed by atoms with Gasteiger partial charge in [0.25, 0.3) is 5.91 Å². The molecule has 4 heterocycles. The van der Waals surface area contributed by atoms with Crippen molar-refractivity contribution in [1.82, 2.24) is 4.98 Å². The summed E-state index contributed by atoms with van der Waals surface area (Å²) in [7, 11) is 0. The second kappa shape index (κ2) is 5.84. The summed E-state index contributed by atoms with van der Waals surface area (Å²) in [6.45, 7) is 2.28. The lowest BCUT2D eigenvalue weighted by Gasteiger charge is -2.22. The minimum absolute atomic E-state index is 0.0684. The molecule has 7 heteroatoms. The highest BCUT2D eigenvalue weighted by Gasteiger charge is 2.33. The number of hydrogen-bond acceptors (Lipinski definition) is 6. The molecule has 6 nitrogen and oxygen atoms in total. The minimum Gasteiger partial charge on any atom is -0.454 e. The van der Waals surface area contributed by atoms with E-state index in [9.17, 15) is 4.79 Å². The van der Waals surface area contributed by atoms with Crippen LogP contribution in [0.1, 0.15) is 22.2 Å². The van der Waals surface area contributed by atoms with Gasteiger partial charge in [0.15, 0.2) is 11.5 Å². The molecule has 4 aromatic rings. The van der Waals surface area contributed by atoms with Crippen LogP contribution in [0.4, 0.5) is 11.4 Å². The maximum atomic E-state index is 13.5. The molecule has 6 rings (SSSR count). The maximum absolute atomic E-state index is 13.5. The van der Waals surface area contributed by atoms with Gasteiger partial charge in [-0.1, -0.05) is 18.2 Å². The number of carbonyl (C=O) groups is 1. The molecule has 0 bridgehead atoms. The van der Waals surface area contributed by atoms with Crippen LogP contribution < -0.4 is 20.1 Å². The van der Waals surface area contributed by atoms with Crippen molar-refractivity contribution in [2.45, 2.75) is 19.4 Å². The van der Waals surface area contributed by atoms with E-state index in [0.717, 1.165) is 33.2 Å². The second-order valence-corrected chi connectivity index (χ2v) is 8.44. The number of thiophene rings is 1. The number of rotatable bonds is 1. The van der Waals surface area contributed by atoms with E-state index in [0.29, 0.717) is 22.1 Å². The van der Waals surface area contributed by atoms with Crippen molar-refractivity contribution < 1.29 is 14.3 Å². The quantitative estimate of drug-likeness (QED) is 0.511. The Balaban J connectivity index is 1.49. The average molecular weight is 403 g/mol. The molecule has 0 fully saturated rings. The van der Waals surface area contributed by atoms with E-state index < -0.39 is 0 Å². The Morgan fingerprint density at radius 3 is 2.86 bits per heavy atom. The number of benzene rings is 2. The minimum atomic E-state index is -0.0684. The number of nitrogens with two attached hydrogens (primary N) is 1. The van der Waals surface area contributed by atoms with Gasteiger partial charge in [-0.05, 0) is 37.1 Å². The number of para-hydroxylation sites is 1. The van der Waals surface area contributed by atoms with Crippen LogP contribution >= 0.6 is 11.3 Å². The summed E-state index contributed by atoms with van der Waals surface area (Å²) in [4.78, 5) is 21.3. The Labute approximate surface area is 170 Å². The maximum Gasteiger partial charge on any atom is 0.270 e. The molecule has 1 amide bonds. The topological polar surface area (TPSA) is 77.7 Å². The molecule has 29 heavy (non-hydrogen) atoms. The van der Waals surface area contributed by atoms with Gasteiger partial charge in [-0.15, -0.1) is 11.3 Å². The Morgan fingerprint density at radius 2 is 2.00 bits per heavy atom. The summed E-state index contributed by atoms with van der Waals surface area (Å²) >= 11 is 1.34. The summed E-state index contributed by atoms with van der Waals surface area (Å²) in [5.41, 5.74) is 9.87. The van der Waals surface area contributed by atoms with Crippen LogP contribution in [0.5, 0.6) is 11.5 Å². The molecule has 0 unspecified atom stereocenters. The molecule has 2 aliphatic heterocycles. The van der Waals surface area contributed by atoms with Crippen LogP contribution in [0.2, 0.25) is 0 Å². The molecule has 2 N–H and O–H groups in total. The fourth-order valence-corrected chi connectivity index (χ4v) is 5.26. The van der Waals surface area contributed by atoms with Crippen molar-refractivity contribution in [1.29, 1.82) is 0 Å². The van der Waals surface area contributed by atoms with Crippen LogP contribution in [0.3, 0.4) is 0 Å². The molecular formula is C22H17N3O3S. The van der Waals surface area contributed by atoms with Crippen LogP contribution in [-0.4, -0.2) is 23.7 Å². The molecule has 0 radical (unpaired) electrons. The number of hydrogen-bond donors (Lipinski definition) is 1. The van der Waals surface area contributed by atoms with E-state index in [1.165, 1.54) is 16.9 Å². The van der Waals surface area contributed by atoms with E-state index in [2.05, 4.69) is 13.0 Å². The molecule has 2 aromatic carbocycles. The van der Waals surface area contributed by atoms with E-state index >= 15 is 0 Å². The van der Waals surface area contributed by atoms with Gasteiger partial charge in [0.2, 0.25) is 6.79 Å². The number of fused-ring (bicyclic) bond motifs is 4. The van der Waals surface area contributed by atoms with Crippen molar-refractivity contribution in [2.24, 2.45) is 0 Å². The molecule has 0 saturated heterocycles. The first-order valence-corrected chi connectivity index (χ1v) is 10.3. The lowest BCUT2D eigenvalue weighted by atomic mass is 10.1. The monoisotopic (exact) mass is 403 g/mol. The highest BCUT2D eigenvalue weighted by atomic mass is 32.1. The zero-order valence-corrected chi connectivity index (χ0v) is 16.5. The standard InChI is InChI=1S/C22H17N3O3S/c1-11-6-12-4-2-3-5-16(12)25(11)22(26)20-19(23)14-7-13-8-17-18(28-10-27-17)9-15(13)24-21(14)29-20/h2-5,7-9,11H,6,10,23H2,1H3/t11-/m1/s1. The first kappa shape index (κ1) is 16.6. The number of amides is 1. The smallest absolute Gasteiger partial charge is 0.270 e. The average Bonchev–Trinajstić information content (AvgIpc) is 3.39. The summed E-state index contributed by atoms with van der Waals surface area (Å²) in [5.74, 6) is 1.32. The van der Waals surface area contributed by atoms with Crippen molar-refractivity contribution in [2.75, 3.05) is 17.4 Å². The highest BCUT2D eigenvalue weighted by molar-refractivity contribution is 7.21. The number of nitrogen functional groups attached to an aromatic ring is 1. The molecule has 0 aliphatic carbocycles. The summed E-state index contributed by atoms with van der Waals surface area (Å²) in [6, 6.07) is 13.9. The van der Waals surface area contributed by atoms with E-state index in [4.69, 9.17) is 20.2 Å². The Kier molecular flexibility index (Phi) is 3.35. The van der Waals surface area contributed by atoms with E-state index in [1.807, 2.05) is 41.3 Å². The van der Waals surface area contributed by atoms with Gasteiger partial charge < -0.3 is 20.1 Å². The largest absolute Gasteiger partial charge is 0.454 e. The zero-order chi connectivity index (χ0) is 19.7. The molecule has 0 spiro atoms. The van der Waals surface area contributed by atoms with Crippen molar-refractivity contribution in [3.8, 4) is 11.5 Å². The van der Waals surface area contributed by atoms with E-state index in [-0.39, 0.29) is 18.7 Å². The van der Waals surface area contributed by atoms with Gasteiger partial charge in [-0.3, -0.25) is 4.79 Å². The molecule has 1 atom stereocenters. The number of pyridine rings is 1. The fraction of sp³-hybridized carbons (Fsp3) is 0.182. The lowest BCUT2D eigenvalue weighted by Crippen LogP contribution is -2.35. The second-order valence-electron chi connectivity index (χ2n) is 7.44. The number of nitrogens with zero attached hydrogens (tertiary/aromatic N) is 2. The van der Waals surface area contributed by atoms with Crippen molar-refractivity contribution >= 4 is 49.7 Å². The van der Waals surface area contributed by atoms with Crippen LogP contribution in [0.15, 0.2) is 42.5 Å². The third-order valence-electron chi connectivity index (χ3n) is 5.63. The predicted octanol–water partition coefficient (Wildman–Crippen LogP) is 4.35. The predicted molar refractivity (Wildman–Crippen MR) is 114 cm³/mol. The van der Waals surface area contributed by atoms with Gasteiger partial charge in [0.1, 0.15) is 9.71 Å². The van der Waals surface area contributed by atoms with Crippen LogP contribution in [0, 0.1) is 0 Å². The molecule has 2 aromatic heterocycles. The number of anilines is 2. The van der Waals surface area contributed by atoms with Gasteiger partial charge >= 0.3 is 0 Å². The van der Waals surface area contributed by atoms with Crippen LogP contribution in [-0.2, 0) is 6.42 Å². The fourth-order valence-electron chi connectivity index (χ4n) is 4.23. The van der Waals surface area contributed by atoms with Crippen molar-refractivity contribution in [3.05, 3.63) is 52.9 Å². The van der Waals surface area contributed by atoms with E-state index in [1.54, 1.807) is 0 Å². The van der Waals surface area contributed by atoms with Gasteiger partial charge in [0, 0.05) is 28.6 Å². The third kappa shape index (κ3) is 2.34. The van der Waals surface area contributed by atoms with Gasteiger partial charge in [0.05, 0.1) is 11.2 Å². The van der Waals surface area contributed by atoms with Gasteiger partial charge in [-0.2, -0.15) is 0 Å². The first-order valence-electron chi connectivity index (χ1n) is 9.44. The Bertz CT molecular complexity index is 1330. The molecular weight excluding hydrogens is 386 g/mol. The first-order chi connectivity index (χ1) is 14.1.